The van der Waals surface area contributed by atoms with Crippen LogP contribution >= 0.6 is 8.24 Å². The van der Waals surface area contributed by atoms with Crippen molar-refractivity contribution < 1.29 is 39.2 Å². The van der Waals surface area contributed by atoms with Gasteiger partial charge >= 0.3 is 8.24 Å². The van der Waals surface area contributed by atoms with Gasteiger partial charge in [0.25, 0.3) is 0 Å². The highest BCUT2D eigenvalue weighted by Gasteiger charge is 2.48. The fourth-order valence-electron chi connectivity index (χ4n) is 10.0. The minimum Gasteiger partial charge on any atom is -0.391 e. The zero-order chi connectivity index (χ0) is 49.4. The molecule has 0 amide bonds. The SMILES string of the molecule is CC[C@H]1CO[C@@H](c2cc(C(C)(C)C)cc3c2op(Oc2ccccc2)oc2c([C@@H]4OC[C@H](CC)N4S(=O)(=O)c4c(C)cc(C)cc4C)cc(C(C)(C)C)cc23)N1S(=O)(=O)c1c(C)cc(C)cc1C. The first-order chi connectivity index (χ1) is 31.9. The smallest absolute Gasteiger partial charge is 0.391 e. The molecule has 6 aromatic rings. The van der Waals surface area contributed by atoms with Gasteiger partial charge in [-0.25, -0.2) is 16.8 Å². The minimum atomic E-state index is -4.17. The van der Waals surface area contributed by atoms with Gasteiger partial charge in [0.2, 0.25) is 20.0 Å². The second-order valence-electron chi connectivity index (χ2n) is 20.8. The Balaban J connectivity index is 1.50. The van der Waals surface area contributed by atoms with Gasteiger partial charge in [-0.2, -0.15) is 8.61 Å². The maximum absolute atomic E-state index is 15.3. The van der Waals surface area contributed by atoms with Gasteiger partial charge in [-0.15, -0.1) is 0 Å². The molecule has 0 bridgehead atoms. The van der Waals surface area contributed by atoms with Crippen molar-refractivity contribution in [1.82, 2.24) is 8.61 Å². The summed E-state index contributed by atoms with van der Waals surface area (Å²) in [7, 11) is -10.7. The predicted molar refractivity (Wildman–Crippen MR) is 271 cm³/mol. The van der Waals surface area contributed by atoms with E-state index in [2.05, 4.69) is 53.7 Å². The Morgan fingerprint density at radius 2 is 0.941 bits per heavy atom. The topological polar surface area (TPSA) is 129 Å². The van der Waals surface area contributed by atoms with Crippen LogP contribution < -0.4 is 4.52 Å². The van der Waals surface area contributed by atoms with Gasteiger partial charge in [0.05, 0.1) is 35.1 Å². The van der Waals surface area contributed by atoms with Crippen LogP contribution in [0.4, 0.5) is 0 Å². The van der Waals surface area contributed by atoms with E-state index in [4.69, 9.17) is 22.4 Å². The number of aryl methyl sites for hydroxylation is 6. The van der Waals surface area contributed by atoms with Gasteiger partial charge in [-0.1, -0.05) is 109 Å². The summed E-state index contributed by atoms with van der Waals surface area (Å²) in [4.78, 5) is 0.521. The first-order valence-electron chi connectivity index (χ1n) is 23.6. The summed E-state index contributed by atoms with van der Waals surface area (Å²) in [6.07, 6.45) is -1.16. The molecular formula is C54H67N2O9PS2. The van der Waals surface area contributed by atoms with Crippen molar-refractivity contribution >= 4 is 50.2 Å². The maximum Gasteiger partial charge on any atom is 0.453 e. The number of nitrogens with zero attached hydrogens (tertiary/aromatic N) is 2. The summed E-state index contributed by atoms with van der Waals surface area (Å²) in [6, 6.07) is 24.1. The lowest BCUT2D eigenvalue weighted by molar-refractivity contribution is 0.0683. The number of rotatable bonds is 10. The summed E-state index contributed by atoms with van der Waals surface area (Å²) >= 11 is 0. The zero-order valence-corrected chi connectivity index (χ0v) is 44.5. The fraction of sp³-hybridized carbons (Fsp3) is 0.444. The molecule has 0 unspecified atom stereocenters. The molecule has 8 rings (SSSR count). The molecule has 0 radical (unpaired) electrons. The molecule has 0 saturated carbocycles. The Morgan fingerprint density at radius 3 is 1.28 bits per heavy atom. The molecule has 0 aliphatic carbocycles. The average molecular weight is 983 g/mol. The summed E-state index contributed by atoms with van der Waals surface area (Å²) in [5, 5.41) is 1.26. The van der Waals surface area contributed by atoms with Crippen LogP contribution in [0.1, 0.15) is 136 Å². The van der Waals surface area contributed by atoms with Gasteiger partial charge in [0.1, 0.15) is 5.75 Å². The van der Waals surface area contributed by atoms with E-state index >= 15 is 16.8 Å². The van der Waals surface area contributed by atoms with E-state index in [0.29, 0.717) is 73.9 Å². The Kier molecular flexibility index (Phi) is 13.5. The predicted octanol–water partition coefficient (Wildman–Crippen LogP) is 13.6. The highest BCUT2D eigenvalue weighted by atomic mass is 32.2. The lowest BCUT2D eigenvalue weighted by Crippen LogP contribution is -2.38. The number of fused-ring (bicyclic) bond motifs is 3. The summed E-state index contributed by atoms with van der Waals surface area (Å²) < 4.78 is 98.6. The van der Waals surface area contributed by atoms with E-state index in [1.807, 2.05) is 122 Å². The molecule has 2 saturated heterocycles. The van der Waals surface area contributed by atoms with Crippen LogP contribution in [0.15, 0.2) is 97.0 Å². The molecule has 14 heteroatoms. The third-order valence-electron chi connectivity index (χ3n) is 13.3. The average Bonchev–Trinajstić information content (AvgIpc) is 3.85. The van der Waals surface area contributed by atoms with Gasteiger partial charge < -0.3 is 22.4 Å². The largest absolute Gasteiger partial charge is 0.453 e. The molecule has 3 heterocycles. The molecular weight excluding hydrogens is 916 g/mol. The number of ether oxygens (including phenoxy) is 2. The Labute approximate surface area is 404 Å². The number of sulfonamides is 2. The molecule has 1 aromatic heterocycles. The third kappa shape index (κ3) is 9.09. The highest BCUT2D eigenvalue weighted by molar-refractivity contribution is 7.89. The second kappa shape index (κ2) is 18.4. The van der Waals surface area contributed by atoms with Gasteiger partial charge in [-0.3, -0.25) is 0 Å². The summed E-state index contributed by atoms with van der Waals surface area (Å²) in [5.41, 5.74) is 7.24. The fourth-order valence-corrected chi connectivity index (χ4v) is 15.5. The Morgan fingerprint density at radius 1 is 0.574 bits per heavy atom. The van der Waals surface area contributed by atoms with E-state index in [1.54, 1.807) is 0 Å². The summed E-state index contributed by atoms with van der Waals surface area (Å²) in [5.74, 6) is 0.486. The normalized spacial score (nSPS) is 19.9. The van der Waals surface area contributed by atoms with Crippen LogP contribution in [0.2, 0.25) is 0 Å². The molecule has 4 atom stereocenters. The van der Waals surface area contributed by atoms with Crippen molar-refractivity contribution in [1.29, 1.82) is 0 Å². The van der Waals surface area contributed by atoms with E-state index < -0.39 is 63.7 Å². The minimum absolute atomic E-state index is 0.168. The first-order valence-corrected chi connectivity index (χ1v) is 27.6. The van der Waals surface area contributed by atoms with E-state index in [0.717, 1.165) is 22.3 Å². The molecule has 68 heavy (non-hydrogen) atoms. The highest BCUT2D eigenvalue weighted by Crippen LogP contribution is 2.50. The lowest BCUT2D eigenvalue weighted by Gasteiger charge is -2.30. The Bertz CT molecular complexity index is 2950. The quantitative estimate of drug-likeness (QED) is 0.132. The Hall–Kier alpha value is -4.46. The molecule has 0 N–H and O–H groups in total. The van der Waals surface area contributed by atoms with Crippen LogP contribution in [0.3, 0.4) is 0 Å². The van der Waals surface area contributed by atoms with Crippen molar-refractivity contribution in [2.24, 2.45) is 0 Å². The zero-order valence-electron chi connectivity index (χ0n) is 42.0. The number of para-hydroxylation sites is 1. The molecule has 364 valence electrons. The summed E-state index contributed by atoms with van der Waals surface area (Å²) in [6.45, 7) is 28.3. The van der Waals surface area contributed by atoms with Gasteiger partial charge in [0, 0.05) is 21.9 Å². The van der Waals surface area contributed by atoms with Crippen LogP contribution in [-0.4, -0.2) is 50.7 Å². The van der Waals surface area contributed by atoms with Crippen molar-refractivity contribution in [2.45, 2.75) is 155 Å². The maximum atomic E-state index is 15.3. The monoisotopic (exact) mass is 982 g/mol. The number of benzene rings is 5. The van der Waals surface area contributed by atoms with Crippen molar-refractivity contribution in [3.63, 3.8) is 0 Å². The van der Waals surface area contributed by atoms with Crippen molar-refractivity contribution in [3.8, 4) is 5.75 Å². The van der Waals surface area contributed by atoms with Crippen molar-refractivity contribution in [3.05, 3.63) is 134 Å². The van der Waals surface area contributed by atoms with E-state index in [-0.39, 0.29) is 23.0 Å². The van der Waals surface area contributed by atoms with Crippen LogP contribution in [0.25, 0.3) is 21.9 Å². The molecule has 2 aliphatic rings. The van der Waals surface area contributed by atoms with Crippen LogP contribution in [0, 0.1) is 41.5 Å². The molecule has 11 nitrogen and oxygen atoms in total. The van der Waals surface area contributed by atoms with Crippen molar-refractivity contribution in [2.75, 3.05) is 13.2 Å². The number of hydrogen-bond acceptors (Lipinski definition) is 9. The molecule has 2 fully saturated rings. The van der Waals surface area contributed by atoms with E-state index in [1.165, 1.54) is 8.61 Å². The number of hydrogen-bond donors (Lipinski definition) is 0. The first kappa shape index (κ1) is 49.9. The molecule has 0 spiro atoms. The lowest BCUT2D eigenvalue weighted by atomic mass is 9.83. The van der Waals surface area contributed by atoms with Crippen LogP contribution in [0.5, 0.6) is 5.75 Å². The molecule has 2 aliphatic heterocycles. The second-order valence-corrected chi connectivity index (χ2v) is 25.4. The van der Waals surface area contributed by atoms with E-state index in [9.17, 15) is 0 Å². The third-order valence-corrected chi connectivity index (χ3v) is 18.8. The standard InChI is InChI=1S/C54H67N2O9PS2/c1-15-40-30-61-51(55(40)67(57,58)49-34(5)22-32(3)23-35(49)6)45-28-38(53(9,10)11)26-43-44-27-39(54(12,13)14)29-46(48(44)65-66(64-47(43)45)63-42-20-18-17-19-21-42)52-56(41(16-2)31-62-52)68(59,60)50-36(7)24-33(4)25-37(50)8/h17-29,40-41,51-52H,15-16,30-31H2,1-14H3/t40-,41-,51-,52-/m0/s1. The van der Waals surface area contributed by atoms with Gasteiger partial charge in [-0.05, 0) is 135 Å². The molecule has 5 aromatic carbocycles. The van der Waals surface area contributed by atoms with Crippen LogP contribution in [-0.2, 0) is 40.4 Å². The van der Waals surface area contributed by atoms with Gasteiger partial charge in [0.15, 0.2) is 23.6 Å².